The van der Waals surface area contributed by atoms with Gasteiger partial charge in [-0.3, -0.25) is 9.59 Å². The van der Waals surface area contributed by atoms with Crippen molar-refractivity contribution in [3.8, 4) is 5.75 Å². The summed E-state index contributed by atoms with van der Waals surface area (Å²) < 4.78 is 19.1. The minimum atomic E-state index is -0.416. The second kappa shape index (κ2) is 9.29. The second-order valence-electron chi connectivity index (χ2n) is 9.08. The molecular weight excluding hydrogens is 431 g/mol. The van der Waals surface area contributed by atoms with Crippen molar-refractivity contribution in [2.45, 2.75) is 32.2 Å². The van der Waals surface area contributed by atoms with E-state index in [0.717, 1.165) is 30.4 Å². The number of hydrogen-bond acceptors (Lipinski definition) is 3. The van der Waals surface area contributed by atoms with Gasteiger partial charge in [0.25, 0.3) is 5.91 Å². The summed E-state index contributed by atoms with van der Waals surface area (Å²) in [5, 5.41) is 2.64. The standard InChI is InChI=1S/C28H27FN2O3/c1-18-5-7-20(8-6-18)27-25-16-24(34-17-26(32)30-23-4-2-3-22(29)15-23)12-11-19(25)13-14-31(27)28(33)21-9-10-21/h2-8,11-12,15-16,21,27H,9-10,13-14,17H2,1H3,(H,30,32). The van der Waals surface area contributed by atoms with Gasteiger partial charge in [-0.05, 0) is 73.2 Å². The fourth-order valence-corrected chi connectivity index (χ4v) is 4.51. The molecule has 1 unspecified atom stereocenters. The Balaban J connectivity index is 1.37. The number of halogens is 1. The van der Waals surface area contributed by atoms with Crippen molar-refractivity contribution in [3.05, 3.63) is 94.8 Å². The van der Waals surface area contributed by atoms with Gasteiger partial charge in [0, 0.05) is 18.2 Å². The Bertz CT molecular complexity index is 1220. The number of rotatable bonds is 6. The quantitative estimate of drug-likeness (QED) is 0.563. The Morgan fingerprint density at radius 2 is 1.85 bits per heavy atom. The third kappa shape index (κ3) is 4.81. The molecular formula is C28H27FN2O3. The summed E-state index contributed by atoms with van der Waals surface area (Å²) in [6, 6.07) is 19.7. The van der Waals surface area contributed by atoms with E-state index in [1.165, 1.54) is 29.3 Å². The highest BCUT2D eigenvalue weighted by Crippen LogP contribution is 2.41. The third-order valence-corrected chi connectivity index (χ3v) is 6.43. The Morgan fingerprint density at radius 1 is 1.06 bits per heavy atom. The van der Waals surface area contributed by atoms with E-state index in [9.17, 15) is 14.0 Å². The van der Waals surface area contributed by atoms with E-state index in [-0.39, 0.29) is 30.4 Å². The summed E-state index contributed by atoms with van der Waals surface area (Å²) in [7, 11) is 0. The fraction of sp³-hybridized carbons (Fsp3) is 0.286. The van der Waals surface area contributed by atoms with Crippen LogP contribution >= 0.6 is 0 Å². The molecule has 2 aliphatic rings. The van der Waals surface area contributed by atoms with Crippen molar-refractivity contribution in [2.24, 2.45) is 5.92 Å². The Morgan fingerprint density at radius 3 is 2.59 bits per heavy atom. The van der Waals surface area contributed by atoms with Gasteiger partial charge < -0.3 is 15.0 Å². The van der Waals surface area contributed by atoms with Crippen LogP contribution in [-0.4, -0.2) is 29.9 Å². The maximum atomic E-state index is 13.4. The third-order valence-electron chi connectivity index (χ3n) is 6.43. The van der Waals surface area contributed by atoms with E-state index in [2.05, 4.69) is 29.6 Å². The molecule has 0 spiro atoms. The van der Waals surface area contributed by atoms with Crippen molar-refractivity contribution >= 4 is 17.5 Å². The number of carbonyl (C=O) groups is 2. The summed E-state index contributed by atoms with van der Waals surface area (Å²) >= 11 is 0. The normalized spacial score (nSPS) is 17.1. The van der Waals surface area contributed by atoms with Crippen LogP contribution in [0.5, 0.6) is 5.75 Å². The van der Waals surface area contributed by atoms with Gasteiger partial charge in [0.15, 0.2) is 6.61 Å². The van der Waals surface area contributed by atoms with Gasteiger partial charge in [-0.2, -0.15) is 0 Å². The molecule has 1 atom stereocenters. The first kappa shape index (κ1) is 22.1. The van der Waals surface area contributed by atoms with Gasteiger partial charge in [0.1, 0.15) is 11.6 Å². The van der Waals surface area contributed by atoms with Crippen molar-refractivity contribution in [1.82, 2.24) is 4.90 Å². The largest absolute Gasteiger partial charge is 0.484 e. The van der Waals surface area contributed by atoms with Crippen LogP contribution in [0.2, 0.25) is 0 Å². The topological polar surface area (TPSA) is 58.6 Å². The molecule has 0 saturated heterocycles. The molecule has 2 amide bonds. The molecule has 5 rings (SSSR count). The summed E-state index contributed by atoms with van der Waals surface area (Å²) in [4.78, 5) is 27.5. The second-order valence-corrected chi connectivity index (χ2v) is 9.08. The molecule has 3 aromatic rings. The number of ether oxygens (including phenoxy) is 1. The number of benzene rings is 3. The molecule has 0 bridgehead atoms. The average Bonchev–Trinajstić information content (AvgIpc) is 3.68. The molecule has 174 valence electrons. The van der Waals surface area contributed by atoms with Gasteiger partial charge >= 0.3 is 0 Å². The predicted octanol–water partition coefficient (Wildman–Crippen LogP) is 5.04. The first-order valence-corrected chi connectivity index (χ1v) is 11.7. The summed E-state index contributed by atoms with van der Waals surface area (Å²) in [6.45, 7) is 2.54. The lowest BCUT2D eigenvalue weighted by Crippen LogP contribution is -2.41. The minimum absolute atomic E-state index is 0.139. The van der Waals surface area contributed by atoms with Crippen LogP contribution in [0.25, 0.3) is 0 Å². The van der Waals surface area contributed by atoms with Crippen LogP contribution in [0.3, 0.4) is 0 Å². The molecule has 5 nitrogen and oxygen atoms in total. The molecule has 0 aromatic heterocycles. The Kier molecular flexibility index (Phi) is 6.05. The summed E-state index contributed by atoms with van der Waals surface area (Å²) in [6.07, 6.45) is 2.72. The SMILES string of the molecule is Cc1ccc(C2c3cc(OCC(=O)Nc4cccc(F)c4)ccc3CCN2C(=O)C2CC2)cc1. The lowest BCUT2D eigenvalue weighted by molar-refractivity contribution is -0.134. The molecule has 0 radical (unpaired) electrons. The van der Waals surface area contributed by atoms with Crippen molar-refractivity contribution in [1.29, 1.82) is 0 Å². The van der Waals surface area contributed by atoms with E-state index in [0.29, 0.717) is 18.0 Å². The number of fused-ring (bicyclic) bond motifs is 1. The van der Waals surface area contributed by atoms with Gasteiger partial charge in [-0.15, -0.1) is 0 Å². The van der Waals surface area contributed by atoms with E-state index >= 15 is 0 Å². The van der Waals surface area contributed by atoms with E-state index in [4.69, 9.17) is 4.74 Å². The fourth-order valence-electron chi connectivity index (χ4n) is 4.51. The first-order chi connectivity index (χ1) is 16.5. The van der Waals surface area contributed by atoms with Crippen molar-refractivity contribution in [3.63, 3.8) is 0 Å². The van der Waals surface area contributed by atoms with Gasteiger partial charge in [0.05, 0.1) is 6.04 Å². The van der Waals surface area contributed by atoms with Crippen molar-refractivity contribution in [2.75, 3.05) is 18.5 Å². The van der Waals surface area contributed by atoms with Gasteiger partial charge in [-0.25, -0.2) is 4.39 Å². The maximum absolute atomic E-state index is 13.4. The van der Waals surface area contributed by atoms with Crippen molar-refractivity contribution < 1.29 is 18.7 Å². The monoisotopic (exact) mass is 458 g/mol. The molecule has 1 N–H and O–H groups in total. The zero-order valence-electron chi connectivity index (χ0n) is 19.1. The zero-order chi connectivity index (χ0) is 23.7. The minimum Gasteiger partial charge on any atom is -0.484 e. The van der Waals surface area contributed by atoms with Crippen LogP contribution in [0.4, 0.5) is 10.1 Å². The Labute approximate surface area is 198 Å². The van der Waals surface area contributed by atoms with E-state index < -0.39 is 5.82 Å². The highest BCUT2D eigenvalue weighted by molar-refractivity contribution is 5.91. The molecule has 6 heteroatoms. The number of carbonyl (C=O) groups excluding carboxylic acids is 2. The Hall–Kier alpha value is -3.67. The van der Waals surface area contributed by atoms with Crippen LogP contribution in [0, 0.1) is 18.7 Å². The number of nitrogens with one attached hydrogen (secondary N) is 1. The number of anilines is 1. The summed E-state index contributed by atoms with van der Waals surface area (Å²) in [5.41, 5.74) is 4.84. The smallest absolute Gasteiger partial charge is 0.262 e. The molecule has 34 heavy (non-hydrogen) atoms. The predicted molar refractivity (Wildman–Crippen MR) is 128 cm³/mol. The lowest BCUT2D eigenvalue weighted by atomic mass is 9.87. The zero-order valence-corrected chi connectivity index (χ0v) is 19.1. The average molecular weight is 459 g/mol. The van der Waals surface area contributed by atoms with E-state index in [1.807, 2.05) is 30.0 Å². The van der Waals surface area contributed by atoms with Crippen LogP contribution in [0.1, 0.15) is 41.1 Å². The highest BCUT2D eigenvalue weighted by Gasteiger charge is 2.39. The van der Waals surface area contributed by atoms with Crippen LogP contribution in [0.15, 0.2) is 66.7 Å². The maximum Gasteiger partial charge on any atom is 0.262 e. The first-order valence-electron chi connectivity index (χ1n) is 11.7. The number of aryl methyl sites for hydroxylation is 1. The number of nitrogens with zero attached hydrogens (tertiary/aromatic N) is 1. The molecule has 1 aliphatic heterocycles. The lowest BCUT2D eigenvalue weighted by Gasteiger charge is -2.38. The molecule has 1 aliphatic carbocycles. The van der Waals surface area contributed by atoms with Gasteiger partial charge in [-0.1, -0.05) is 42.0 Å². The molecule has 1 heterocycles. The van der Waals surface area contributed by atoms with Crippen LogP contribution < -0.4 is 10.1 Å². The van der Waals surface area contributed by atoms with Gasteiger partial charge in [0.2, 0.25) is 5.91 Å². The number of hydrogen-bond donors (Lipinski definition) is 1. The molecule has 1 saturated carbocycles. The highest BCUT2D eigenvalue weighted by atomic mass is 19.1. The van der Waals surface area contributed by atoms with Crippen LogP contribution in [-0.2, 0) is 16.0 Å². The number of amides is 2. The molecule has 1 fully saturated rings. The molecule has 3 aromatic carbocycles. The summed E-state index contributed by atoms with van der Waals surface area (Å²) in [5.74, 6) is 0.133. The van der Waals surface area contributed by atoms with E-state index in [1.54, 1.807) is 6.07 Å².